The molecule has 0 saturated heterocycles. The fourth-order valence-corrected chi connectivity index (χ4v) is 6.19. The van der Waals surface area contributed by atoms with Crippen molar-refractivity contribution < 1.29 is 35.1 Å². The standard InChI is InChI=1S/C6Cl4N2.2C6Cl3FN2.3C6Cl2F2N2.6CH4NP.6CH4/c7-3-2(1-11)12-6(10)5(9)4(3)8;7-3-2(1-11)12-6(9)4(8)5(3)10;7-3-2(1-11)12-6(10)5(9)4(3)8;7-3-4(8)6(10)12-2(1-11)5(3)9;7-3-2(1-11)12-6(10)4(8)5(3)9;7-3-2(1-11)12-6(10)5(9)4(3)8;6*1-3-2;;;;;;/h;;;;;;6*2H,1H3;6*1H4. The predicted molar refractivity (Wildman–Crippen MR) is 387 cm³/mol. The van der Waals surface area contributed by atoms with Crippen LogP contribution < -0.4 is 0 Å². The Morgan fingerprint density at radius 1 is 0.240 bits per heavy atom. The van der Waals surface area contributed by atoms with Crippen molar-refractivity contribution >= 4 is 236 Å². The highest BCUT2D eigenvalue weighted by Gasteiger charge is 2.21. The quantitative estimate of drug-likeness (QED) is 0.0469. The zero-order valence-corrected chi connectivity index (χ0v) is 61.6. The topological polar surface area (TPSA) is 363 Å². The third-order valence-electron chi connectivity index (χ3n) is 6.54. The summed E-state index contributed by atoms with van der Waals surface area (Å²) in [7, 11) is 4.00. The van der Waals surface area contributed by atoms with Crippen molar-refractivity contribution in [3.05, 3.63) is 162 Å². The van der Waals surface area contributed by atoms with Gasteiger partial charge in [0, 0.05) is 0 Å². The van der Waals surface area contributed by atoms with Crippen LogP contribution in [0, 0.1) is 146 Å². The fourth-order valence-electron chi connectivity index (χ4n) is 3.37. The van der Waals surface area contributed by atoms with E-state index >= 15 is 0 Å². The lowest BCUT2D eigenvalue weighted by atomic mass is 10.3. The number of rotatable bonds is 0. The number of nitrogens with zero attached hydrogens (tertiary/aromatic N) is 12. The first-order valence-electron chi connectivity index (χ1n) is 20.1. The first-order valence-corrected chi connectivity index (χ1v) is 34.2. The third-order valence-corrected chi connectivity index (χ3v) is 12.8. The van der Waals surface area contributed by atoms with E-state index in [-0.39, 0.29) is 112 Å². The Morgan fingerprint density at radius 3 is 0.750 bits per heavy atom. The molecule has 0 fully saturated rings. The molecule has 0 atom stereocenters. The molecule has 0 spiro atoms. The van der Waals surface area contributed by atoms with Crippen LogP contribution in [0.1, 0.15) is 78.7 Å². The second-order valence-electron chi connectivity index (χ2n) is 12.2. The molecular weight excluding hydrogens is 1730 g/mol. The molecule has 0 unspecified atom stereocenters. The number of halogens is 24. The highest BCUT2D eigenvalue weighted by Crippen LogP contribution is 2.37. The van der Waals surface area contributed by atoms with Gasteiger partial charge < -0.3 is 0 Å². The molecule has 0 aliphatic carbocycles. The molecule has 6 aromatic heterocycles. The molecule has 0 aliphatic rings. The van der Waals surface area contributed by atoms with Crippen molar-refractivity contribution in [1.82, 2.24) is 29.9 Å². The van der Waals surface area contributed by atoms with Crippen LogP contribution >= 0.6 is 236 Å². The van der Waals surface area contributed by atoms with Gasteiger partial charge in [-0.3, -0.25) is 31.0 Å². The SMILES string of the molecule is C.C.C.C.C.C.CP=N.CP=N.CP=N.CP=N.CP=N.CP=N.N#Cc1nc(Cl)c(Cl)c(Cl)c1Cl.N#Cc1nc(Cl)c(Cl)c(F)c1Cl.N#Cc1nc(F)c(Cl)c(Cl)c1Cl.N#Cc1nc(F)c(Cl)c(Cl)c1F.N#Cc1nc(F)c(Cl)c(F)c1Cl.N#Cc1nc(F)c(F)c(Cl)c1Cl. The Hall–Kier alpha value is -3.48. The lowest BCUT2D eigenvalue weighted by Crippen LogP contribution is -1.95. The van der Waals surface area contributed by atoms with Gasteiger partial charge in [0.1, 0.15) is 76.6 Å². The molecule has 6 rings (SSSR count). The summed E-state index contributed by atoms with van der Waals surface area (Å²) < 4.78 is 101. The number of hydrogen-bond donors (Lipinski definition) is 6. The molecule has 6 heterocycles. The van der Waals surface area contributed by atoms with E-state index in [1.807, 2.05) is 0 Å². The first-order chi connectivity index (χ1) is 41.9. The fraction of sp³-hybridized carbons (Fsp3) is 0.250. The average Bonchev–Trinajstić information content (AvgIpc) is 1.21. The van der Waals surface area contributed by atoms with Gasteiger partial charge in [0.05, 0.1) is 30.1 Å². The van der Waals surface area contributed by atoms with Crippen molar-refractivity contribution in [2.24, 2.45) is 0 Å². The molecule has 18 nitrogen and oxygen atoms in total. The van der Waals surface area contributed by atoms with E-state index in [2.05, 4.69) is 29.9 Å². The minimum Gasteiger partial charge on any atom is -0.284 e. The third kappa shape index (κ3) is 43.9. The summed E-state index contributed by atoms with van der Waals surface area (Å²) in [6, 6.07) is 9.12. The monoisotopic (exact) mass is 1770 g/mol. The van der Waals surface area contributed by atoms with E-state index in [1.54, 1.807) is 58.2 Å². The van der Waals surface area contributed by atoms with E-state index in [0.29, 0.717) is 50.2 Å². The summed E-state index contributed by atoms with van der Waals surface area (Å²) >= 11 is 86.1. The van der Waals surface area contributed by atoms with Crippen LogP contribution in [0.25, 0.3) is 0 Å². The molecular formula is C48H48Cl16F8N18P6. The molecule has 0 aromatic carbocycles. The molecule has 0 aliphatic heterocycles. The Labute approximate surface area is 640 Å². The highest BCUT2D eigenvalue weighted by molar-refractivity contribution is 7.24. The van der Waals surface area contributed by atoms with E-state index in [0.717, 1.165) is 0 Å². The van der Waals surface area contributed by atoms with E-state index in [9.17, 15) is 35.1 Å². The number of nitriles is 6. The maximum absolute atomic E-state index is 12.9. The Morgan fingerprint density at radius 2 is 0.438 bits per heavy atom. The van der Waals surface area contributed by atoms with Gasteiger partial charge in [-0.1, -0.05) is 230 Å². The van der Waals surface area contributed by atoms with Gasteiger partial charge in [-0.05, 0) is 90.2 Å². The Balaban J connectivity index is -0.0000000828. The van der Waals surface area contributed by atoms with Crippen molar-refractivity contribution in [2.75, 3.05) is 40.0 Å². The van der Waals surface area contributed by atoms with Gasteiger partial charge in [-0.25, -0.2) is 47.5 Å². The van der Waals surface area contributed by atoms with Crippen molar-refractivity contribution in [3.8, 4) is 36.4 Å². The number of nitrogens with one attached hydrogen (secondary N) is 6. The zero-order chi connectivity index (χ0) is 72.0. The number of hydrogen-bond acceptors (Lipinski definition) is 18. The van der Waals surface area contributed by atoms with Crippen LogP contribution in [0.5, 0.6) is 0 Å². The summed E-state index contributed by atoms with van der Waals surface area (Å²) in [6.07, 6.45) is 0. The molecule has 528 valence electrons. The smallest absolute Gasteiger partial charge is 0.251 e. The van der Waals surface area contributed by atoms with Crippen molar-refractivity contribution in [2.45, 2.75) is 44.6 Å². The molecule has 0 radical (unpaired) electrons. The molecule has 96 heavy (non-hydrogen) atoms. The van der Waals surface area contributed by atoms with Gasteiger partial charge in [-0.2, -0.15) is 49.1 Å². The van der Waals surface area contributed by atoms with E-state index < -0.39 is 94.3 Å². The van der Waals surface area contributed by atoms with E-state index in [1.165, 1.54) is 18.2 Å². The van der Waals surface area contributed by atoms with E-state index in [4.69, 9.17) is 248 Å². The van der Waals surface area contributed by atoms with Crippen LogP contribution in [0.2, 0.25) is 80.6 Å². The van der Waals surface area contributed by atoms with Gasteiger partial charge in [-0.15, -0.1) is 0 Å². The molecule has 0 amide bonds. The van der Waals surface area contributed by atoms with Gasteiger partial charge in [0.25, 0.3) is 5.95 Å². The summed E-state index contributed by atoms with van der Waals surface area (Å²) in [6.45, 7) is 10.6. The van der Waals surface area contributed by atoms with Gasteiger partial charge in [0.15, 0.2) is 67.7 Å². The summed E-state index contributed by atoms with van der Waals surface area (Å²) in [4.78, 5) is 19.1. The molecule has 0 saturated carbocycles. The van der Waals surface area contributed by atoms with Crippen LogP contribution in [0.15, 0.2) is 0 Å². The predicted octanol–water partition coefficient (Wildman–Crippen LogP) is 29.1. The van der Waals surface area contributed by atoms with Crippen LogP contribution in [0.4, 0.5) is 35.1 Å². The zero-order valence-electron chi connectivity index (χ0n) is 44.1. The van der Waals surface area contributed by atoms with Crippen LogP contribution in [-0.2, 0) is 0 Å². The minimum atomic E-state index is -1.43. The number of pyridine rings is 6. The van der Waals surface area contributed by atoms with Crippen molar-refractivity contribution in [1.29, 1.82) is 62.5 Å². The second-order valence-corrected chi connectivity index (χ2v) is 20.9. The van der Waals surface area contributed by atoms with Crippen LogP contribution in [0.3, 0.4) is 0 Å². The normalized spacial score (nSPS) is 8.50. The molecule has 48 heteroatoms. The van der Waals surface area contributed by atoms with Crippen LogP contribution in [-0.4, -0.2) is 69.9 Å². The summed E-state index contributed by atoms with van der Waals surface area (Å²) in [5.74, 6) is -9.36. The average molecular weight is 1780 g/mol. The van der Waals surface area contributed by atoms with Gasteiger partial charge in [0.2, 0.25) is 17.8 Å². The molecule has 0 bridgehead atoms. The summed E-state index contributed by atoms with van der Waals surface area (Å²) in [5.41, 5.74) is -2.23. The highest BCUT2D eigenvalue weighted by atomic mass is 35.5. The maximum Gasteiger partial charge on any atom is 0.251 e. The van der Waals surface area contributed by atoms with Crippen molar-refractivity contribution in [3.63, 3.8) is 0 Å². The van der Waals surface area contributed by atoms with Gasteiger partial charge >= 0.3 is 0 Å². The lowest BCUT2D eigenvalue weighted by Gasteiger charge is -2.01. The Kier molecular flexibility index (Phi) is 85.5. The maximum atomic E-state index is 12.9. The molecule has 6 N–H and O–H groups in total. The number of aromatic nitrogens is 6. The second kappa shape index (κ2) is 68.6. The Bertz CT molecular complexity index is 3140. The first kappa shape index (κ1) is 120. The minimum absolute atomic E-state index is 0. The summed E-state index contributed by atoms with van der Waals surface area (Å²) in [5, 5.41) is 81.9. The largest absolute Gasteiger partial charge is 0.284 e. The molecule has 6 aromatic rings. The lowest BCUT2D eigenvalue weighted by molar-refractivity contribution is 0.479.